The summed E-state index contributed by atoms with van der Waals surface area (Å²) in [5.74, 6) is 0.0542. The zero-order valence-electron chi connectivity index (χ0n) is 11.1. The summed E-state index contributed by atoms with van der Waals surface area (Å²) in [6.07, 6.45) is 3.74. The molecule has 3 heteroatoms. The fraction of sp³-hybridized carbons (Fsp3) is 0.333. The Kier molecular flexibility index (Phi) is 3.60. The first-order chi connectivity index (χ1) is 8.63. The van der Waals surface area contributed by atoms with Gasteiger partial charge < -0.3 is 0 Å². The number of carbonyl (C=O) groups is 1. The van der Waals surface area contributed by atoms with Crippen LogP contribution in [0.15, 0.2) is 30.5 Å². The van der Waals surface area contributed by atoms with Crippen molar-refractivity contribution in [3.63, 3.8) is 0 Å². The number of aryl methyl sites for hydroxylation is 2. The first kappa shape index (κ1) is 12.6. The second-order valence-electron chi connectivity index (χ2n) is 4.55. The van der Waals surface area contributed by atoms with Gasteiger partial charge in [0.25, 0.3) is 0 Å². The third-order valence-electron chi connectivity index (χ3n) is 3.21. The average Bonchev–Trinajstić information content (AvgIpc) is 2.70. The second kappa shape index (κ2) is 5.17. The molecule has 0 N–H and O–H groups in total. The Morgan fingerprint density at radius 2 is 2.17 bits per heavy atom. The normalized spacial score (nSPS) is 10.6. The summed E-state index contributed by atoms with van der Waals surface area (Å²) >= 11 is 0. The van der Waals surface area contributed by atoms with E-state index >= 15 is 0 Å². The van der Waals surface area contributed by atoms with Crippen molar-refractivity contribution in [2.45, 2.75) is 26.7 Å². The largest absolute Gasteiger partial charge is 0.288 e. The predicted molar refractivity (Wildman–Crippen MR) is 71.8 cm³/mol. The lowest BCUT2D eigenvalue weighted by atomic mass is 10.0. The van der Waals surface area contributed by atoms with E-state index in [1.807, 2.05) is 32.2 Å². The molecule has 0 aliphatic carbocycles. The number of carbonyl (C=O) groups excluding carboxylic acids is 1. The summed E-state index contributed by atoms with van der Waals surface area (Å²) in [6, 6.07) is 7.87. The van der Waals surface area contributed by atoms with Crippen LogP contribution in [0.4, 0.5) is 0 Å². The highest BCUT2D eigenvalue weighted by Crippen LogP contribution is 2.15. The Balaban J connectivity index is 2.34. The van der Waals surface area contributed by atoms with Crippen molar-refractivity contribution in [1.29, 1.82) is 0 Å². The van der Waals surface area contributed by atoms with Crippen LogP contribution in [0.5, 0.6) is 0 Å². The number of hydrogen-bond acceptors (Lipinski definition) is 2. The van der Waals surface area contributed by atoms with Crippen LogP contribution in [0.2, 0.25) is 0 Å². The van der Waals surface area contributed by atoms with E-state index in [1.54, 1.807) is 10.9 Å². The van der Waals surface area contributed by atoms with Crippen molar-refractivity contribution in [3.8, 4) is 0 Å². The summed E-state index contributed by atoms with van der Waals surface area (Å²) in [5.41, 5.74) is 3.55. The van der Waals surface area contributed by atoms with Crippen molar-refractivity contribution in [3.05, 3.63) is 52.8 Å². The predicted octanol–water partition coefficient (Wildman–Crippen LogP) is 2.91. The Bertz CT molecular complexity index is 570. The smallest absolute Gasteiger partial charge is 0.196 e. The van der Waals surface area contributed by atoms with Gasteiger partial charge in [0.1, 0.15) is 0 Å². The van der Waals surface area contributed by atoms with Gasteiger partial charge in [-0.3, -0.25) is 9.48 Å². The van der Waals surface area contributed by atoms with Gasteiger partial charge in [0.2, 0.25) is 0 Å². The molecular formula is C15H18N2O. The fourth-order valence-corrected chi connectivity index (χ4v) is 2.03. The molecular weight excluding hydrogens is 224 g/mol. The van der Waals surface area contributed by atoms with Crippen LogP contribution >= 0.6 is 0 Å². The third-order valence-corrected chi connectivity index (χ3v) is 3.21. The van der Waals surface area contributed by atoms with Crippen molar-refractivity contribution < 1.29 is 4.79 Å². The van der Waals surface area contributed by atoms with Gasteiger partial charge in [-0.1, -0.05) is 31.5 Å². The topological polar surface area (TPSA) is 34.9 Å². The summed E-state index contributed by atoms with van der Waals surface area (Å²) < 4.78 is 1.73. The third kappa shape index (κ3) is 2.35. The van der Waals surface area contributed by atoms with Crippen LogP contribution in [0.3, 0.4) is 0 Å². The summed E-state index contributed by atoms with van der Waals surface area (Å²) in [4.78, 5) is 12.4. The molecule has 0 unspecified atom stereocenters. The van der Waals surface area contributed by atoms with Crippen molar-refractivity contribution in [2.24, 2.45) is 7.05 Å². The molecule has 0 fully saturated rings. The Morgan fingerprint density at radius 3 is 2.78 bits per heavy atom. The van der Waals surface area contributed by atoms with Gasteiger partial charge in [0.05, 0.1) is 11.8 Å². The molecule has 0 saturated carbocycles. The van der Waals surface area contributed by atoms with Gasteiger partial charge in [0.15, 0.2) is 5.78 Å². The number of benzene rings is 1. The zero-order chi connectivity index (χ0) is 13.1. The Morgan fingerprint density at radius 1 is 1.39 bits per heavy atom. The standard InChI is InChI=1S/C15H18N2O/c1-4-6-12-7-5-8-13(9-12)15(18)14-10-16-17(3)11(14)2/h5,7-10H,4,6H2,1-3H3. The van der Waals surface area contributed by atoms with E-state index in [1.165, 1.54) is 5.56 Å². The summed E-state index contributed by atoms with van der Waals surface area (Å²) in [5, 5.41) is 4.12. The van der Waals surface area contributed by atoms with Gasteiger partial charge in [-0.25, -0.2) is 0 Å². The lowest BCUT2D eigenvalue weighted by Gasteiger charge is -2.04. The monoisotopic (exact) mass is 242 g/mol. The van der Waals surface area contributed by atoms with Gasteiger partial charge in [-0.2, -0.15) is 5.10 Å². The molecule has 1 aromatic carbocycles. The van der Waals surface area contributed by atoms with E-state index < -0.39 is 0 Å². The molecule has 0 bridgehead atoms. The number of rotatable bonds is 4. The van der Waals surface area contributed by atoms with Crippen molar-refractivity contribution in [1.82, 2.24) is 9.78 Å². The van der Waals surface area contributed by atoms with Crippen LogP contribution in [0.25, 0.3) is 0 Å². The number of nitrogens with zero attached hydrogens (tertiary/aromatic N) is 2. The Hall–Kier alpha value is -1.90. The van der Waals surface area contributed by atoms with Crippen LogP contribution in [0, 0.1) is 6.92 Å². The minimum Gasteiger partial charge on any atom is -0.288 e. The van der Waals surface area contributed by atoms with E-state index in [0.29, 0.717) is 5.56 Å². The number of ketones is 1. The molecule has 0 radical (unpaired) electrons. The highest BCUT2D eigenvalue weighted by Gasteiger charge is 2.14. The lowest BCUT2D eigenvalue weighted by Crippen LogP contribution is -2.04. The molecule has 0 spiro atoms. The second-order valence-corrected chi connectivity index (χ2v) is 4.55. The summed E-state index contributed by atoms with van der Waals surface area (Å²) in [7, 11) is 1.85. The van der Waals surface area contributed by atoms with Crippen LogP contribution in [0.1, 0.15) is 40.5 Å². The van der Waals surface area contributed by atoms with E-state index in [-0.39, 0.29) is 5.78 Å². The number of aromatic nitrogens is 2. The van der Waals surface area contributed by atoms with Gasteiger partial charge in [-0.05, 0) is 25.0 Å². The SMILES string of the molecule is CCCc1cccc(C(=O)c2cnn(C)c2C)c1. The van der Waals surface area contributed by atoms with E-state index in [0.717, 1.165) is 24.1 Å². The molecule has 1 heterocycles. The molecule has 0 amide bonds. The van der Waals surface area contributed by atoms with E-state index in [2.05, 4.69) is 18.1 Å². The minimum absolute atomic E-state index is 0.0542. The summed E-state index contributed by atoms with van der Waals surface area (Å²) in [6.45, 7) is 4.05. The zero-order valence-corrected chi connectivity index (χ0v) is 11.1. The molecule has 0 aliphatic heterocycles. The van der Waals surface area contributed by atoms with Crippen molar-refractivity contribution in [2.75, 3.05) is 0 Å². The molecule has 0 saturated heterocycles. The van der Waals surface area contributed by atoms with Crippen LogP contribution < -0.4 is 0 Å². The molecule has 1 aromatic heterocycles. The molecule has 2 aromatic rings. The van der Waals surface area contributed by atoms with Crippen LogP contribution in [-0.4, -0.2) is 15.6 Å². The molecule has 94 valence electrons. The van der Waals surface area contributed by atoms with Crippen LogP contribution in [-0.2, 0) is 13.5 Å². The maximum atomic E-state index is 12.4. The fourth-order valence-electron chi connectivity index (χ4n) is 2.03. The lowest BCUT2D eigenvalue weighted by molar-refractivity contribution is 0.103. The number of hydrogen-bond donors (Lipinski definition) is 0. The first-order valence-corrected chi connectivity index (χ1v) is 6.25. The highest BCUT2D eigenvalue weighted by molar-refractivity contribution is 6.09. The molecule has 3 nitrogen and oxygen atoms in total. The maximum absolute atomic E-state index is 12.4. The quantitative estimate of drug-likeness (QED) is 0.773. The average molecular weight is 242 g/mol. The molecule has 18 heavy (non-hydrogen) atoms. The maximum Gasteiger partial charge on any atom is 0.196 e. The van der Waals surface area contributed by atoms with E-state index in [9.17, 15) is 4.79 Å². The van der Waals surface area contributed by atoms with Gasteiger partial charge in [0, 0.05) is 18.3 Å². The first-order valence-electron chi connectivity index (χ1n) is 6.25. The Labute approximate surface area is 107 Å². The molecule has 0 atom stereocenters. The van der Waals surface area contributed by atoms with Crippen molar-refractivity contribution >= 4 is 5.78 Å². The molecule has 0 aliphatic rings. The van der Waals surface area contributed by atoms with Gasteiger partial charge >= 0.3 is 0 Å². The highest BCUT2D eigenvalue weighted by atomic mass is 16.1. The minimum atomic E-state index is 0.0542. The van der Waals surface area contributed by atoms with Gasteiger partial charge in [-0.15, -0.1) is 0 Å². The molecule has 2 rings (SSSR count). The van der Waals surface area contributed by atoms with E-state index in [4.69, 9.17) is 0 Å².